The molecule has 0 bridgehead atoms. The molecule has 0 saturated heterocycles. The van der Waals surface area contributed by atoms with Gasteiger partial charge in [0.2, 0.25) is 0 Å². The Labute approximate surface area is 105 Å². The van der Waals surface area contributed by atoms with Crippen molar-refractivity contribution in [3.63, 3.8) is 0 Å². The van der Waals surface area contributed by atoms with Crippen LogP contribution in [0.2, 0.25) is 0 Å². The van der Waals surface area contributed by atoms with E-state index in [1.165, 1.54) is 0 Å². The van der Waals surface area contributed by atoms with Gasteiger partial charge >= 0.3 is 18.1 Å². The minimum absolute atomic E-state index is 0.0199. The van der Waals surface area contributed by atoms with Crippen LogP contribution in [0.5, 0.6) is 0 Å². The number of halogens is 3. The van der Waals surface area contributed by atoms with Crippen LogP contribution in [0.25, 0.3) is 6.08 Å². The van der Waals surface area contributed by atoms with E-state index < -0.39 is 29.2 Å². The first-order chi connectivity index (χ1) is 8.70. The van der Waals surface area contributed by atoms with E-state index in [2.05, 4.69) is 0 Å². The number of benzene rings is 1. The Morgan fingerprint density at radius 1 is 1.16 bits per heavy atom. The fourth-order valence-electron chi connectivity index (χ4n) is 1.33. The highest BCUT2D eigenvalue weighted by Crippen LogP contribution is 2.31. The number of carboxylic acids is 2. The Balaban J connectivity index is 3.17. The topological polar surface area (TPSA) is 74.6 Å². The molecule has 0 fully saturated rings. The van der Waals surface area contributed by atoms with Crippen LogP contribution in [0, 0.1) is 0 Å². The lowest BCUT2D eigenvalue weighted by molar-refractivity contribution is -0.138. The van der Waals surface area contributed by atoms with Crippen molar-refractivity contribution in [2.45, 2.75) is 12.6 Å². The van der Waals surface area contributed by atoms with E-state index in [0.29, 0.717) is 6.07 Å². The summed E-state index contributed by atoms with van der Waals surface area (Å²) < 4.78 is 37.7. The van der Waals surface area contributed by atoms with E-state index in [4.69, 9.17) is 10.2 Å². The van der Waals surface area contributed by atoms with Gasteiger partial charge in [-0.15, -0.1) is 0 Å². The number of carbonyl (C=O) groups is 2. The van der Waals surface area contributed by atoms with Crippen LogP contribution < -0.4 is 0 Å². The summed E-state index contributed by atoms with van der Waals surface area (Å²) in [6, 6.07) is 2.32. The van der Waals surface area contributed by atoms with Gasteiger partial charge in [0.1, 0.15) is 0 Å². The first-order valence-corrected chi connectivity index (χ1v) is 5.04. The Hall–Kier alpha value is -2.31. The van der Waals surface area contributed by atoms with Gasteiger partial charge in [0, 0.05) is 0 Å². The summed E-state index contributed by atoms with van der Waals surface area (Å²) in [7, 11) is 0. The number of hydrogen-bond acceptors (Lipinski definition) is 2. The average molecular weight is 274 g/mol. The minimum Gasteiger partial charge on any atom is -0.481 e. The number of aliphatic carboxylic acids is 1. The fraction of sp³-hybridized carbons (Fsp3) is 0.167. The first-order valence-electron chi connectivity index (χ1n) is 5.04. The van der Waals surface area contributed by atoms with Crippen LogP contribution in [-0.4, -0.2) is 22.2 Å². The standard InChI is InChI=1S/C12H9F3O4/c13-12(14,15)9-5-7(2-1-3-10(16)17)4-8(6-9)11(18)19/h1-2,4-6H,3H2,(H,16,17)(H,18,19). The zero-order valence-electron chi connectivity index (χ0n) is 9.44. The van der Waals surface area contributed by atoms with Gasteiger partial charge in [0.25, 0.3) is 0 Å². The predicted octanol–water partition coefficient (Wildman–Crippen LogP) is 2.89. The molecular weight excluding hydrogens is 265 g/mol. The molecule has 0 atom stereocenters. The van der Waals surface area contributed by atoms with Crippen molar-refractivity contribution in [3.05, 3.63) is 41.0 Å². The molecule has 1 rings (SSSR count). The van der Waals surface area contributed by atoms with Gasteiger partial charge in [0.15, 0.2) is 0 Å². The van der Waals surface area contributed by atoms with E-state index in [0.717, 1.165) is 24.3 Å². The molecule has 0 heterocycles. The quantitative estimate of drug-likeness (QED) is 0.885. The summed E-state index contributed by atoms with van der Waals surface area (Å²) in [5, 5.41) is 17.1. The van der Waals surface area contributed by atoms with Crippen molar-refractivity contribution in [2.24, 2.45) is 0 Å². The van der Waals surface area contributed by atoms with Crippen LogP contribution >= 0.6 is 0 Å². The molecule has 0 amide bonds. The van der Waals surface area contributed by atoms with Gasteiger partial charge < -0.3 is 10.2 Å². The molecule has 1 aromatic rings. The summed E-state index contributed by atoms with van der Waals surface area (Å²) in [5.74, 6) is -2.62. The molecule has 0 unspecified atom stereocenters. The lowest BCUT2D eigenvalue weighted by Crippen LogP contribution is -2.08. The molecule has 19 heavy (non-hydrogen) atoms. The molecule has 0 aliphatic rings. The van der Waals surface area contributed by atoms with Crippen molar-refractivity contribution in [3.8, 4) is 0 Å². The van der Waals surface area contributed by atoms with Crippen molar-refractivity contribution in [1.82, 2.24) is 0 Å². The molecule has 0 saturated carbocycles. The highest BCUT2D eigenvalue weighted by atomic mass is 19.4. The maximum atomic E-state index is 12.6. The molecule has 1 aromatic carbocycles. The molecule has 0 spiro atoms. The lowest BCUT2D eigenvalue weighted by atomic mass is 10.0. The van der Waals surface area contributed by atoms with Gasteiger partial charge in [-0.1, -0.05) is 12.2 Å². The monoisotopic (exact) mass is 274 g/mol. The molecule has 4 nitrogen and oxygen atoms in total. The molecule has 0 aromatic heterocycles. The van der Waals surface area contributed by atoms with Crippen molar-refractivity contribution < 1.29 is 33.0 Å². The maximum absolute atomic E-state index is 12.6. The number of aromatic carboxylic acids is 1. The maximum Gasteiger partial charge on any atom is 0.416 e. The zero-order chi connectivity index (χ0) is 14.6. The molecule has 0 aliphatic carbocycles. The van der Waals surface area contributed by atoms with Gasteiger partial charge in [-0.3, -0.25) is 4.79 Å². The van der Waals surface area contributed by atoms with Gasteiger partial charge in [-0.25, -0.2) is 4.79 Å². The number of carboxylic acid groups (broad SMARTS) is 2. The fourth-order valence-corrected chi connectivity index (χ4v) is 1.33. The van der Waals surface area contributed by atoms with Crippen LogP contribution in [0.4, 0.5) is 13.2 Å². The predicted molar refractivity (Wildman–Crippen MR) is 59.7 cm³/mol. The number of hydrogen-bond donors (Lipinski definition) is 2. The molecule has 2 N–H and O–H groups in total. The van der Waals surface area contributed by atoms with Crippen molar-refractivity contribution >= 4 is 18.0 Å². The van der Waals surface area contributed by atoms with E-state index in [1.54, 1.807) is 0 Å². The average Bonchev–Trinajstić information content (AvgIpc) is 2.26. The molecular formula is C12H9F3O4. The number of rotatable bonds is 4. The van der Waals surface area contributed by atoms with E-state index in [-0.39, 0.29) is 12.0 Å². The van der Waals surface area contributed by atoms with E-state index in [9.17, 15) is 22.8 Å². The third-order valence-electron chi connectivity index (χ3n) is 2.13. The Kier molecular flexibility index (Phi) is 4.31. The Morgan fingerprint density at radius 2 is 1.79 bits per heavy atom. The summed E-state index contributed by atoms with van der Waals surface area (Å²) in [4.78, 5) is 21.0. The highest BCUT2D eigenvalue weighted by Gasteiger charge is 2.31. The third-order valence-corrected chi connectivity index (χ3v) is 2.13. The smallest absolute Gasteiger partial charge is 0.416 e. The highest BCUT2D eigenvalue weighted by molar-refractivity contribution is 5.88. The van der Waals surface area contributed by atoms with Crippen molar-refractivity contribution in [2.75, 3.05) is 0 Å². The summed E-state index contributed by atoms with van der Waals surface area (Å²) in [6.07, 6.45) is -2.75. The van der Waals surface area contributed by atoms with E-state index in [1.807, 2.05) is 0 Å². The zero-order valence-corrected chi connectivity index (χ0v) is 9.44. The first kappa shape index (κ1) is 14.7. The normalized spacial score (nSPS) is 11.7. The minimum atomic E-state index is -4.67. The Morgan fingerprint density at radius 3 is 2.26 bits per heavy atom. The summed E-state index contributed by atoms with van der Waals surface area (Å²) in [6.45, 7) is 0. The molecule has 0 radical (unpaired) electrons. The third kappa shape index (κ3) is 4.46. The molecule has 7 heteroatoms. The van der Waals surface area contributed by atoms with Gasteiger partial charge in [-0.2, -0.15) is 13.2 Å². The second-order valence-corrected chi connectivity index (χ2v) is 3.65. The van der Waals surface area contributed by atoms with Crippen LogP contribution in [-0.2, 0) is 11.0 Å². The van der Waals surface area contributed by atoms with Crippen molar-refractivity contribution in [1.29, 1.82) is 0 Å². The second-order valence-electron chi connectivity index (χ2n) is 3.65. The summed E-state index contributed by atoms with van der Waals surface area (Å²) in [5.41, 5.74) is -1.62. The SMILES string of the molecule is O=C(O)CC=Cc1cc(C(=O)O)cc(C(F)(F)F)c1. The van der Waals surface area contributed by atoms with Crippen LogP contribution in [0.1, 0.15) is 27.9 Å². The van der Waals surface area contributed by atoms with Gasteiger partial charge in [0.05, 0.1) is 17.5 Å². The number of alkyl halides is 3. The van der Waals surface area contributed by atoms with E-state index >= 15 is 0 Å². The lowest BCUT2D eigenvalue weighted by Gasteiger charge is -2.08. The van der Waals surface area contributed by atoms with Crippen LogP contribution in [0.3, 0.4) is 0 Å². The second kappa shape index (κ2) is 5.55. The molecule has 102 valence electrons. The van der Waals surface area contributed by atoms with Gasteiger partial charge in [-0.05, 0) is 23.8 Å². The Bertz CT molecular complexity index is 532. The molecule has 0 aliphatic heterocycles. The largest absolute Gasteiger partial charge is 0.481 e. The summed E-state index contributed by atoms with van der Waals surface area (Å²) >= 11 is 0. The van der Waals surface area contributed by atoms with Crippen LogP contribution in [0.15, 0.2) is 24.3 Å².